The van der Waals surface area contributed by atoms with Crippen LogP contribution in [0.15, 0.2) is 12.3 Å². The summed E-state index contributed by atoms with van der Waals surface area (Å²) in [6.07, 6.45) is 5.57. The topological polar surface area (TPSA) is 60.8 Å². The van der Waals surface area contributed by atoms with E-state index in [4.69, 9.17) is 10.2 Å². The molecule has 0 aromatic carbocycles. The standard InChI is InChI=1S/C7H13N.C3H4O3/c1-4-8-5-2-7(1)3-6-8;4-2-1-3(5)6/h7H,1-6H2;1-2,4H,(H,5,6). The molecule has 4 nitrogen and oxygen atoms in total. The highest BCUT2D eigenvalue weighted by molar-refractivity contribution is 5.79. The van der Waals surface area contributed by atoms with Crippen LogP contribution in [0.4, 0.5) is 0 Å². The number of piperidine rings is 3. The third-order valence-electron chi connectivity index (χ3n) is 2.78. The first-order chi connectivity index (χ1) is 6.72. The second-order valence-corrected chi connectivity index (χ2v) is 3.73. The van der Waals surface area contributed by atoms with E-state index in [-0.39, 0.29) is 0 Å². The van der Waals surface area contributed by atoms with Crippen molar-refractivity contribution in [3.8, 4) is 0 Å². The van der Waals surface area contributed by atoms with Crippen LogP contribution in [0.25, 0.3) is 0 Å². The Kier molecular flexibility index (Phi) is 4.46. The summed E-state index contributed by atoms with van der Waals surface area (Å²) < 4.78 is 0. The van der Waals surface area contributed by atoms with Crippen LogP contribution in [0, 0.1) is 5.92 Å². The highest BCUT2D eigenvalue weighted by atomic mass is 16.4. The molecule has 3 fully saturated rings. The second-order valence-electron chi connectivity index (χ2n) is 3.73. The fourth-order valence-corrected chi connectivity index (χ4v) is 1.93. The molecule has 3 aliphatic rings. The van der Waals surface area contributed by atoms with Gasteiger partial charge in [-0.05, 0) is 44.8 Å². The lowest BCUT2D eigenvalue weighted by Gasteiger charge is -2.38. The summed E-state index contributed by atoms with van der Waals surface area (Å²) in [6, 6.07) is 0. The van der Waals surface area contributed by atoms with Crippen molar-refractivity contribution in [1.29, 1.82) is 0 Å². The smallest absolute Gasteiger partial charge is 0.331 e. The molecule has 3 rings (SSSR count). The Morgan fingerprint density at radius 1 is 1.21 bits per heavy atom. The van der Waals surface area contributed by atoms with Gasteiger partial charge in [0.1, 0.15) is 0 Å². The van der Waals surface area contributed by atoms with Crippen molar-refractivity contribution in [3.05, 3.63) is 12.3 Å². The highest BCUT2D eigenvalue weighted by Crippen LogP contribution is 2.26. The Bertz CT molecular complexity index is 184. The van der Waals surface area contributed by atoms with Gasteiger partial charge in [0.15, 0.2) is 0 Å². The third kappa shape index (κ3) is 3.79. The number of rotatable bonds is 1. The number of hydrogen-bond acceptors (Lipinski definition) is 3. The van der Waals surface area contributed by atoms with Gasteiger partial charge in [-0.15, -0.1) is 0 Å². The van der Waals surface area contributed by atoms with Crippen molar-refractivity contribution in [2.24, 2.45) is 5.92 Å². The van der Waals surface area contributed by atoms with Crippen molar-refractivity contribution in [1.82, 2.24) is 4.90 Å². The summed E-state index contributed by atoms with van der Waals surface area (Å²) in [7, 11) is 0. The van der Waals surface area contributed by atoms with Crippen LogP contribution in [-0.2, 0) is 4.79 Å². The largest absolute Gasteiger partial charge is 0.515 e. The zero-order chi connectivity index (χ0) is 10.4. The molecule has 3 saturated heterocycles. The summed E-state index contributed by atoms with van der Waals surface area (Å²) in [5.41, 5.74) is 0. The quantitative estimate of drug-likeness (QED) is 0.493. The van der Waals surface area contributed by atoms with Gasteiger partial charge in [-0.1, -0.05) is 0 Å². The number of nitrogens with zero attached hydrogens (tertiary/aromatic N) is 1. The van der Waals surface area contributed by atoms with Crippen molar-refractivity contribution in [2.75, 3.05) is 19.6 Å². The molecule has 4 heteroatoms. The van der Waals surface area contributed by atoms with Gasteiger partial charge in [-0.25, -0.2) is 4.79 Å². The highest BCUT2D eigenvalue weighted by Gasteiger charge is 2.24. The fraction of sp³-hybridized carbons (Fsp3) is 0.700. The van der Waals surface area contributed by atoms with Crippen LogP contribution >= 0.6 is 0 Å². The van der Waals surface area contributed by atoms with Crippen molar-refractivity contribution in [3.63, 3.8) is 0 Å². The Balaban J connectivity index is 0.000000149. The molecule has 0 aromatic heterocycles. The zero-order valence-corrected chi connectivity index (χ0v) is 8.22. The number of hydrogen-bond donors (Lipinski definition) is 2. The molecule has 80 valence electrons. The molecule has 3 heterocycles. The molecule has 14 heavy (non-hydrogen) atoms. The van der Waals surface area contributed by atoms with Crippen LogP contribution in [-0.4, -0.2) is 40.7 Å². The number of carbonyl (C=O) groups is 1. The number of aliphatic hydroxyl groups is 1. The Hall–Kier alpha value is -1.03. The molecule has 0 atom stereocenters. The first-order valence-corrected chi connectivity index (χ1v) is 4.98. The first-order valence-electron chi connectivity index (χ1n) is 4.98. The molecule has 0 aromatic rings. The molecule has 2 bridgehead atoms. The predicted molar refractivity (Wildman–Crippen MR) is 53.2 cm³/mol. The van der Waals surface area contributed by atoms with Gasteiger partial charge < -0.3 is 15.1 Å². The lowest BCUT2D eigenvalue weighted by atomic mass is 9.89. The molecular formula is C10H17NO3. The van der Waals surface area contributed by atoms with Gasteiger partial charge in [0.2, 0.25) is 0 Å². The maximum Gasteiger partial charge on any atom is 0.331 e. The number of fused-ring (bicyclic) bond motifs is 3. The van der Waals surface area contributed by atoms with E-state index in [1.807, 2.05) is 0 Å². The van der Waals surface area contributed by atoms with Gasteiger partial charge in [0.25, 0.3) is 0 Å². The molecule has 3 aliphatic heterocycles. The summed E-state index contributed by atoms with van der Waals surface area (Å²) in [6.45, 7) is 4.18. The van der Waals surface area contributed by atoms with E-state index in [0.717, 1.165) is 5.92 Å². The average Bonchev–Trinajstić information content (AvgIpc) is 2.21. The van der Waals surface area contributed by atoms with Crippen molar-refractivity contribution >= 4 is 5.97 Å². The summed E-state index contributed by atoms with van der Waals surface area (Å²) in [5.74, 6) is -0.0301. The Morgan fingerprint density at radius 2 is 1.71 bits per heavy atom. The SMILES string of the molecule is C1CN2CCC1CC2.O=C(O)C=CO. The van der Waals surface area contributed by atoms with Crippen LogP contribution in [0.1, 0.15) is 19.3 Å². The zero-order valence-electron chi connectivity index (χ0n) is 8.22. The predicted octanol–water partition coefficient (Wildman–Crippen LogP) is 1.24. The molecule has 0 radical (unpaired) electrons. The van der Waals surface area contributed by atoms with E-state index in [1.165, 1.54) is 38.9 Å². The number of carboxylic acids is 1. The van der Waals surface area contributed by atoms with Crippen LogP contribution in [0.5, 0.6) is 0 Å². The molecule has 0 amide bonds. The molecular weight excluding hydrogens is 182 g/mol. The fourth-order valence-electron chi connectivity index (χ4n) is 1.93. The number of carboxylic acid groups (broad SMARTS) is 1. The summed E-state index contributed by atoms with van der Waals surface area (Å²) in [4.78, 5) is 11.9. The van der Waals surface area contributed by atoms with Gasteiger partial charge in [0, 0.05) is 0 Å². The number of aliphatic carboxylic acids is 1. The molecule has 0 saturated carbocycles. The molecule has 2 N–H and O–H groups in total. The number of aliphatic hydroxyl groups excluding tert-OH is 1. The van der Waals surface area contributed by atoms with Crippen molar-refractivity contribution in [2.45, 2.75) is 19.3 Å². The monoisotopic (exact) mass is 199 g/mol. The lowest BCUT2D eigenvalue weighted by Crippen LogP contribution is -2.41. The minimum absolute atomic E-state index is 0.475. The van der Waals surface area contributed by atoms with Gasteiger partial charge in [-0.3, -0.25) is 0 Å². The summed E-state index contributed by atoms with van der Waals surface area (Å²) >= 11 is 0. The normalized spacial score (nSPS) is 29.7. The lowest BCUT2D eigenvalue weighted by molar-refractivity contribution is -0.131. The van der Waals surface area contributed by atoms with E-state index in [1.54, 1.807) is 0 Å². The van der Waals surface area contributed by atoms with E-state index in [0.29, 0.717) is 12.3 Å². The maximum absolute atomic E-state index is 9.35. The van der Waals surface area contributed by atoms with Gasteiger partial charge in [-0.2, -0.15) is 0 Å². The summed E-state index contributed by atoms with van der Waals surface area (Å²) in [5, 5.41) is 15.3. The van der Waals surface area contributed by atoms with Crippen molar-refractivity contribution < 1.29 is 15.0 Å². The van der Waals surface area contributed by atoms with E-state index in [2.05, 4.69) is 4.90 Å². The van der Waals surface area contributed by atoms with Crippen LogP contribution in [0.3, 0.4) is 0 Å². The molecule has 0 aliphatic carbocycles. The van der Waals surface area contributed by atoms with Crippen LogP contribution < -0.4 is 0 Å². The first kappa shape index (κ1) is 11.0. The minimum Gasteiger partial charge on any atom is -0.515 e. The Morgan fingerprint density at radius 3 is 1.79 bits per heavy atom. The third-order valence-corrected chi connectivity index (χ3v) is 2.78. The van der Waals surface area contributed by atoms with E-state index in [9.17, 15) is 4.79 Å². The van der Waals surface area contributed by atoms with Crippen LogP contribution in [0.2, 0.25) is 0 Å². The molecule has 0 unspecified atom stereocenters. The average molecular weight is 199 g/mol. The van der Waals surface area contributed by atoms with Gasteiger partial charge >= 0.3 is 5.97 Å². The second kappa shape index (κ2) is 5.65. The molecule has 0 spiro atoms. The van der Waals surface area contributed by atoms with Gasteiger partial charge in [0.05, 0.1) is 12.3 Å². The Labute approximate surface area is 83.8 Å². The van der Waals surface area contributed by atoms with E-state index < -0.39 is 5.97 Å². The van der Waals surface area contributed by atoms with E-state index >= 15 is 0 Å². The minimum atomic E-state index is -1.14. The maximum atomic E-state index is 9.35.